The van der Waals surface area contributed by atoms with Gasteiger partial charge in [0.2, 0.25) is 0 Å². The summed E-state index contributed by atoms with van der Waals surface area (Å²) in [6.07, 6.45) is 2.29. The second-order valence-corrected chi connectivity index (χ2v) is 5.69. The fraction of sp³-hybridized carbons (Fsp3) is 0.353. The lowest BCUT2D eigenvalue weighted by atomic mass is 10.2. The van der Waals surface area contributed by atoms with Crippen LogP contribution in [0.3, 0.4) is 0 Å². The lowest BCUT2D eigenvalue weighted by Crippen LogP contribution is -2.38. The molecule has 2 N–H and O–H groups in total. The molecule has 23 heavy (non-hydrogen) atoms. The van der Waals surface area contributed by atoms with E-state index in [1.165, 1.54) is 4.68 Å². The third-order valence-corrected chi connectivity index (χ3v) is 3.79. The van der Waals surface area contributed by atoms with Gasteiger partial charge >= 0.3 is 6.03 Å². The summed E-state index contributed by atoms with van der Waals surface area (Å²) in [6, 6.07) is 12.8. The molecule has 2 aromatic rings. The third-order valence-electron chi connectivity index (χ3n) is 3.79. The fourth-order valence-electron chi connectivity index (χ4n) is 2.34. The highest BCUT2D eigenvalue weighted by Gasteiger charge is 2.25. The molecule has 1 aliphatic carbocycles. The predicted molar refractivity (Wildman–Crippen MR) is 87.2 cm³/mol. The van der Waals surface area contributed by atoms with Gasteiger partial charge in [0.15, 0.2) is 0 Å². The van der Waals surface area contributed by atoms with Crippen molar-refractivity contribution in [1.82, 2.24) is 20.4 Å². The van der Waals surface area contributed by atoms with E-state index in [1.807, 2.05) is 30.3 Å². The summed E-state index contributed by atoms with van der Waals surface area (Å²) in [4.78, 5) is 23.5. The van der Waals surface area contributed by atoms with Crippen LogP contribution in [0.1, 0.15) is 30.0 Å². The third kappa shape index (κ3) is 4.42. The number of amides is 2. The zero-order valence-corrected chi connectivity index (χ0v) is 12.9. The lowest BCUT2D eigenvalue weighted by molar-refractivity contribution is 0.240. The van der Waals surface area contributed by atoms with Crippen LogP contribution in [0.4, 0.5) is 4.79 Å². The van der Waals surface area contributed by atoms with Gasteiger partial charge in [0, 0.05) is 25.1 Å². The Kier molecular flexibility index (Phi) is 4.71. The van der Waals surface area contributed by atoms with E-state index in [1.54, 1.807) is 12.1 Å². The molecule has 6 heteroatoms. The zero-order chi connectivity index (χ0) is 16.1. The van der Waals surface area contributed by atoms with Crippen molar-refractivity contribution in [2.75, 3.05) is 6.54 Å². The van der Waals surface area contributed by atoms with Crippen LogP contribution >= 0.6 is 0 Å². The first-order chi connectivity index (χ1) is 11.2. The number of hydrogen-bond acceptors (Lipinski definition) is 3. The number of rotatable bonds is 6. The van der Waals surface area contributed by atoms with Gasteiger partial charge in [0.05, 0.1) is 12.2 Å². The Morgan fingerprint density at radius 2 is 1.91 bits per heavy atom. The number of aromatic nitrogens is 2. The van der Waals surface area contributed by atoms with E-state index in [2.05, 4.69) is 15.7 Å². The molecule has 0 saturated heterocycles. The van der Waals surface area contributed by atoms with Gasteiger partial charge < -0.3 is 10.6 Å². The van der Waals surface area contributed by atoms with E-state index in [0.29, 0.717) is 25.6 Å². The fourth-order valence-corrected chi connectivity index (χ4v) is 2.34. The van der Waals surface area contributed by atoms with E-state index < -0.39 is 0 Å². The summed E-state index contributed by atoms with van der Waals surface area (Å²) in [5.41, 5.74) is 1.87. The van der Waals surface area contributed by atoms with Gasteiger partial charge in [-0.1, -0.05) is 30.3 Å². The molecule has 1 aromatic heterocycles. The van der Waals surface area contributed by atoms with Gasteiger partial charge in [-0.25, -0.2) is 9.48 Å². The monoisotopic (exact) mass is 312 g/mol. The van der Waals surface area contributed by atoms with Crippen LogP contribution in [0.15, 0.2) is 47.3 Å². The number of urea groups is 1. The first-order valence-corrected chi connectivity index (χ1v) is 7.86. The standard InChI is InChI=1S/C17H20N4O2/c22-16-9-8-15(14-6-7-14)20-21(16)11-10-18-17(23)19-12-13-4-2-1-3-5-13/h1-5,8-9,14H,6-7,10-12H2,(H2,18,19,23). The molecule has 0 unspecified atom stereocenters. The van der Waals surface area contributed by atoms with Crippen LogP contribution in [0, 0.1) is 0 Å². The maximum atomic E-state index is 11.8. The molecule has 0 radical (unpaired) electrons. The van der Waals surface area contributed by atoms with E-state index in [9.17, 15) is 9.59 Å². The molecule has 1 aromatic carbocycles. The highest BCUT2D eigenvalue weighted by molar-refractivity contribution is 5.73. The number of carbonyl (C=O) groups is 1. The van der Waals surface area contributed by atoms with E-state index in [4.69, 9.17) is 0 Å². The Hall–Kier alpha value is -2.63. The largest absolute Gasteiger partial charge is 0.336 e. The number of nitrogens with one attached hydrogen (secondary N) is 2. The smallest absolute Gasteiger partial charge is 0.315 e. The van der Waals surface area contributed by atoms with Gasteiger partial charge in [-0.15, -0.1) is 0 Å². The van der Waals surface area contributed by atoms with Crippen LogP contribution in [-0.2, 0) is 13.1 Å². The maximum absolute atomic E-state index is 11.8. The first-order valence-electron chi connectivity index (χ1n) is 7.86. The van der Waals surface area contributed by atoms with Crippen molar-refractivity contribution in [3.63, 3.8) is 0 Å². The summed E-state index contributed by atoms with van der Waals surface area (Å²) in [5.74, 6) is 0.504. The van der Waals surface area contributed by atoms with Crippen LogP contribution in [0.2, 0.25) is 0 Å². The maximum Gasteiger partial charge on any atom is 0.315 e. The Morgan fingerprint density at radius 1 is 1.13 bits per heavy atom. The topological polar surface area (TPSA) is 76.0 Å². The van der Waals surface area contributed by atoms with Gasteiger partial charge in [-0.3, -0.25) is 4.79 Å². The average Bonchev–Trinajstić information content (AvgIpc) is 3.41. The normalized spacial score (nSPS) is 13.6. The Bertz CT molecular complexity index is 723. The molecule has 0 bridgehead atoms. The number of carbonyl (C=O) groups excluding carboxylic acids is 1. The molecule has 1 saturated carbocycles. The van der Waals surface area contributed by atoms with Gasteiger partial charge in [-0.05, 0) is 24.5 Å². The van der Waals surface area contributed by atoms with Gasteiger partial charge in [0.25, 0.3) is 5.56 Å². The minimum atomic E-state index is -0.250. The van der Waals surface area contributed by atoms with Crippen LogP contribution in [-0.4, -0.2) is 22.4 Å². The lowest BCUT2D eigenvalue weighted by Gasteiger charge is -2.09. The predicted octanol–water partition coefficient (Wildman–Crippen LogP) is 1.62. The summed E-state index contributed by atoms with van der Waals surface area (Å²) in [6.45, 7) is 1.21. The van der Waals surface area contributed by atoms with Crippen molar-refractivity contribution >= 4 is 6.03 Å². The van der Waals surface area contributed by atoms with Crippen LogP contribution < -0.4 is 16.2 Å². The van der Waals surface area contributed by atoms with E-state index in [-0.39, 0.29) is 11.6 Å². The van der Waals surface area contributed by atoms with Crippen LogP contribution in [0.25, 0.3) is 0 Å². The molecular weight excluding hydrogens is 292 g/mol. The van der Waals surface area contributed by atoms with Crippen LogP contribution in [0.5, 0.6) is 0 Å². The summed E-state index contributed by atoms with van der Waals surface area (Å²) in [5, 5.41) is 9.88. The van der Waals surface area contributed by atoms with Crippen molar-refractivity contribution in [3.8, 4) is 0 Å². The molecule has 0 aliphatic heterocycles. The number of hydrogen-bond donors (Lipinski definition) is 2. The average molecular weight is 312 g/mol. The summed E-state index contributed by atoms with van der Waals surface area (Å²) >= 11 is 0. The molecule has 120 valence electrons. The molecule has 0 spiro atoms. The minimum absolute atomic E-state index is 0.138. The quantitative estimate of drug-likeness (QED) is 0.851. The summed E-state index contributed by atoms with van der Waals surface area (Å²) < 4.78 is 1.42. The Morgan fingerprint density at radius 3 is 2.65 bits per heavy atom. The van der Waals surface area contributed by atoms with E-state index >= 15 is 0 Å². The Balaban J connectivity index is 1.44. The second-order valence-electron chi connectivity index (χ2n) is 5.69. The van der Waals surface area contributed by atoms with Gasteiger partial charge in [-0.2, -0.15) is 5.10 Å². The van der Waals surface area contributed by atoms with Gasteiger partial charge in [0.1, 0.15) is 0 Å². The molecular formula is C17H20N4O2. The SMILES string of the molecule is O=C(NCCn1nc(C2CC2)ccc1=O)NCc1ccccc1. The Labute approximate surface area is 134 Å². The minimum Gasteiger partial charge on any atom is -0.336 e. The van der Waals surface area contributed by atoms with Crippen molar-refractivity contribution in [2.45, 2.75) is 31.8 Å². The molecule has 1 heterocycles. The van der Waals surface area contributed by atoms with Crippen molar-refractivity contribution in [3.05, 3.63) is 64.1 Å². The molecule has 2 amide bonds. The van der Waals surface area contributed by atoms with E-state index in [0.717, 1.165) is 24.1 Å². The molecule has 0 atom stereocenters. The number of nitrogens with zero attached hydrogens (tertiary/aromatic N) is 2. The van der Waals surface area contributed by atoms with Crippen molar-refractivity contribution in [1.29, 1.82) is 0 Å². The second kappa shape index (κ2) is 7.09. The molecule has 1 aliphatic rings. The highest BCUT2D eigenvalue weighted by Crippen LogP contribution is 2.38. The zero-order valence-electron chi connectivity index (χ0n) is 12.9. The number of benzene rings is 1. The van der Waals surface area contributed by atoms with Crippen molar-refractivity contribution in [2.24, 2.45) is 0 Å². The summed E-state index contributed by atoms with van der Waals surface area (Å²) in [7, 11) is 0. The van der Waals surface area contributed by atoms with Crippen molar-refractivity contribution < 1.29 is 4.79 Å². The molecule has 3 rings (SSSR count). The molecule has 6 nitrogen and oxygen atoms in total. The highest BCUT2D eigenvalue weighted by atomic mass is 16.2. The molecule has 1 fully saturated rings. The first kappa shape index (κ1) is 15.3.